The summed E-state index contributed by atoms with van der Waals surface area (Å²) in [5, 5.41) is 0. The fourth-order valence-electron chi connectivity index (χ4n) is 6.13. The van der Waals surface area contributed by atoms with Gasteiger partial charge < -0.3 is 14.2 Å². The summed E-state index contributed by atoms with van der Waals surface area (Å²) in [5.41, 5.74) is 0. The molecule has 0 rings (SSSR count). The average molecular weight is 769 g/mol. The van der Waals surface area contributed by atoms with Gasteiger partial charge in [-0.2, -0.15) is 0 Å². The highest BCUT2D eigenvalue weighted by molar-refractivity contribution is 5.71. The molecule has 1 unspecified atom stereocenters. The lowest BCUT2D eigenvalue weighted by Gasteiger charge is -2.18. The van der Waals surface area contributed by atoms with Crippen LogP contribution in [0.15, 0.2) is 61.3 Å². The quantitative estimate of drug-likeness (QED) is 0.0267. The van der Waals surface area contributed by atoms with Gasteiger partial charge in [0.05, 0.1) is 0 Å². The Morgan fingerprint density at radius 2 is 0.745 bits per heavy atom. The minimum Gasteiger partial charge on any atom is -0.462 e. The topological polar surface area (TPSA) is 78.9 Å². The van der Waals surface area contributed by atoms with Crippen LogP contribution in [0.25, 0.3) is 0 Å². The van der Waals surface area contributed by atoms with E-state index >= 15 is 0 Å². The van der Waals surface area contributed by atoms with Gasteiger partial charge >= 0.3 is 17.9 Å². The zero-order valence-electron chi connectivity index (χ0n) is 35.8. The molecule has 55 heavy (non-hydrogen) atoms. The summed E-state index contributed by atoms with van der Waals surface area (Å²) in [6, 6.07) is 0. The lowest BCUT2D eigenvalue weighted by Crippen LogP contribution is -2.30. The second-order valence-corrected chi connectivity index (χ2v) is 15.0. The minimum atomic E-state index is -0.790. The molecule has 6 heteroatoms. The van der Waals surface area contributed by atoms with Crippen molar-refractivity contribution >= 4 is 17.9 Å². The summed E-state index contributed by atoms with van der Waals surface area (Å²) in [4.78, 5) is 37.6. The van der Waals surface area contributed by atoms with E-state index in [0.29, 0.717) is 19.3 Å². The van der Waals surface area contributed by atoms with Crippen LogP contribution < -0.4 is 0 Å². The van der Waals surface area contributed by atoms with Crippen molar-refractivity contribution in [2.75, 3.05) is 13.2 Å². The number of unbranched alkanes of at least 4 members (excludes halogenated alkanes) is 21. The highest BCUT2D eigenvalue weighted by Crippen LogP contribution is 2.13. The van der Waals surface area contributed by atoms with E-state index in [1.807, 2.05) is 6.08 Å². The fraction of sp³-hybridized carbons (Fsp3) is 0.735. The van der Waals surface area contributed by atoms with Gasteiger partial charge in [0.15, 0.2) is 6.10 Å². The van der Waals surface area contributed by atoms with Gasteiger partial charge in [0.2, 0.25) is 0 Å². The van der Waals surface area contributed by atoms with Crippen LogP contribution in [0.1, 0.15) is 213 Å². The Kier molecular flexibility index (Phi) is 41.5. The Labute approximate surface area is 339 Å². The van der Waals surface area contributed by atoms with Gasteiger partial charge in [-0.3, -0.25) is 14.4 Å². The van der Waals surface area contributed by atoms with Crippen molar-refractivity contribution in [2.45, 2.75) is 219 Å². The molecule has 0 aromatic heterocycles. The number of hydrogen-bond acceptors (Lipinski definition) is 6. The van der Waals surface area contributed by atoms with Crippen LogP contribution in [-0.2, 0) is 28.6 Å². The van der Waals surface area contributed by atoms with Crippen LogP contribution in [0, 0.1) is 0 Å². The van der Waals surface area contributed by atoms with Gasteiger partial charge in [-0.25, -0.2) is 0 Å². The van der Waals surface area contributed by atoms with Gasteiger partial charge in [0.25, 0.3) is 0 Å². The molecule has 0 spiro atoms. The molecule has 0 bridgehead atoms. The molecule has 0 fully saturated rings. The largest absolute Gasteiger partial charge is 0.462 e. The molecule has 316 valence electrons. The summed E-state index contributed by atoms with van der Waals surface area (Å²) >= 11 is 0. The first-order chi connectivity index (χ1) is 27.0. The second-order valence-electron chi connectivity index (χ2n) is 15.0. The zero-order valence-corrected chi connectivity index (χ0v) is 35.8. The summed E-state index contributed by atoms with van der Waals surface area (Å²) in [6.07, 6.45) is 51.0. The standard InChI is InChI=1S/C49H84O6/c1-4-7-10-13-16-18-20-22-24-26-28-30-33-36-39-42-48(51)54-45-46(44-53-47(50)41-38-35-32-15-12-9-6-3)55-49(52)43-40-37-34-31-29-27-25-23-21-19-17-14-11-8-5-2/h6,16-19,22-25,46H,3-5,7-15,20-21,26-45H2,1-2H3. The third-order valence-electron chi connectivity index (χ3n) is 9.61. The average Bonchev–Trinajstić information content (AvgIpc) is 3.18. The highest BCUT2D eigenvalue weighted by Gasteiger charge is 2.19. The fourth-order valence-corrected chi connectivity index (χ4v) is 6.13. The molecule has 0 N–H and O–H groups in total. The summed E-state index contributed by atoms with van der Waals surface area (Å²) in [7, 11) is 0. The molecular weight excluding hydrogens is 685 g/mol. The molecule has 1 atom stereocenters. The van der Waals surface area contributed by atoms with Crippen LogP contribution in [0.4, 0.5) is 0 Å². The van der Waals surface area contributed by atoms with E-state index in [9.17, 15) is 14.4 Å². The third-order valence-corrected chi connectivity index (χ3v) is 9.61. The number of esters is 3. The minimum absolute atomic E-state index is 0.0937. The Balaban J connectivity index is 4.36. The van der Waals surface area contributed by atoms with Crippen LogP contribution in [0.3, 0.4) is 0 Å². The zero-order chi connectivity index (χ0) is 40.1. The predicted molar refractivity (Wildman–Crippen MR) is 233 cm³/mol. The first-order valence-electron chi connectivity index (χ1n) is 22.7. The van der Waals surface area contributed by atoms with E-state index in [1.54, 1.807) is 0 Å². The molecule has 0 aliphatic carbocycles. The van der Waals surface area contributed by atoms with Crippen molar-refractivity contribution < 1.29 is 28.6 Å². The maximum absolute atomic E-state index is 12.7. The number of ether oxygens (including phenoxy) is 3. The highest BCUT2D eigenvalue weighted by atomic mass is 16.6. The SMILES string of the molecule is C=CCCCCCCCC(=O)OCC(COC(=O)CCCCCCCC=CCC=CCCCCC)OC(=O)CCCCCCCC=CCC=CCCCCC. The van der Waals surface area contributed by atoms with Crippen LogP contribution in [-0.4, -0.2) is 37.2 Å². The molecule has 0 aliphatic rings. The molecule has 0 aromatic carbocycles. The number of carbonyl (C=O) groups excluding carboxylic acids is 3. The monoisotopic (exact) mass is 769 g/mol. The van der Waals surface area contributed by atoms with Crippen molar-refractivity contribution in [1.29, 1.82) is 0 Å². The van der Waals surface area contributed by atoms with E-state index in [-0.39, 0.29) is 31.1 Å². The van der Waals surface area contributed by atoms with Crippen LogP contribution >= 0.6 is 0 Å². The third kappa shape index (κ3) is 42.1. The molecule has 0 amide bonds. The number of allylic oxidation sites excluding steroid dienone is 9. The van der Waals surface area contributed by atoms with Gasteiger partial charge in [0, 0.05) is 19.3 Å². The molecule has 0 radical (unpaired) electrons. The molecule has 0 aromatic rings. The molecule has 6 nitrogen and oxygen atoms in total. The Morgan fingerprint density at radius 1 is 0.418 bits per heavy atom. The van der Waals surface area contributed by atoms with E-state index in [4.69, 9.17) is 14.2 Å². The van der Waals surface area contributed by atoms with E-state index < -0.39 is 6.10 Å². The maximum atomic E-state index is 12.7. The Bertz CT molecular complexity index is 1010. The van der Waals surface area contributed by atoms with E-state index in [2.05, 4.69) is 69.0 Å². The van der Waals surface area contributed by atoms with Crippen LogP contribution in [0.5, 0.6) is 0 Å². The summed E-state index contributed by atoms with van der Waals surface area (Å²) in [5.74, 6) is -0.948. The molecule has 0 heterocycles. The number of hydrogen-bond donors (Lipinski definition) is 0. The van der Waals surface area contributed by atoms with Crippen molar-refractivity contribution in [3.05, 3.63) is 61.3 Å². The number of rotatable bonds is 41. The van der Waals surface area contributed by atoms with Gasteiger partial charge in [-0.05, 0) is 96.3 Å². The van der Waals surface area contributed by atoms with Gasteiger partial charge in [-0.1, -0.05) is 152 Å². The van der Waals surface area contributed by atoms with E-state index in [1.165, 1.54) is 51.4 Å². The molecular formula is C49H84O6. The van der Waals surface area contributed by atoms with Crippen molar-refractivity contribution in [2.24, 2.45) is 0 Å². The van der Waals surface area contributed by atoms with Gasteiger partial charge in [-0.15, -0.1) is 6.58 Å². The van der Waals surface area contributed by atoms with Crippen LogP contribution in [0.2, 0.25) is 0 Å². The lowest BCUT2D eigenvalue weighted by atomic mass is 10.1. The lowest BCUT2D eigenvalue weighted by molar-refractivity contribution is -0.167. The van der Waals surface area contributed by atoms with E-state index in [0.717, 1.165) is 128 Å². The maximum Gasteiger partial charge on any atom is 0.306 e. The predicted octanol–water partition coefficient (Wildman–Crippen LogP) is 14.5. The smallest absolute Gasteiger partial charge is 0.306 e. The summed E-state index contributed by atoms with van der Waals surface area (Å²) in [6.45, 7) is 8.04. The van der Waals surface area contributed by atoms with Crippen molar-refractivity contribution in [3.8, 4) is 0 Å². The first kappa shape index (κ1) is 52.1. The number of carbonyl (C=O) groups is 3. The van der Waals surface area contributed by atoms with Crippen molar-refractivity contribution in [3.63, 3.8) is 0 Å². The Morgan fingerprint density at radius 3 is 1.13 bits per heavy atom. The normalized spacial score (nSPS) is 12.3. The first-order valence-corrected chi connectivity index (χ1v) is 22.7. The Hall–Kier alpha value is -2.89. The second kappa shape index (κ2) is 43.8. The molecule has 0 saturated carbocycles. The molecule has 0 saturated heterocycles. The summed E-state index contributed by atoms with van der Waals surface area (Å²) < 4.78 is 16.6. The van der Waals surface area contributed by atoms with Gasteiger partial charge in [0.1, 0.15) is 13.2 Å². The van der Waals surface area contributed by atoms with Crippen molar-refractivity contribution in [1.82, 2.24) is 0 Å². The molecule has 0 aliphatic heterocycles.